The summed E-state index contributed by atoms with van der Waals surface area (Å²) in [5, 5.41) is 10.3. The van der Waals surface area contributed by atoms with Gasteiger partial charge in [0.2, 0.25) is 6.79 Å². The number of benzene rings is 2. The first-order valence-electron chi connectivity index (χ1n) is 9.55. The first-order chi connectivity index (χ1) is 13.7. The van der Waals surface area contributed by atoms with Gasteiger partial charge in [-0.3, -0.25) is 4.90 Å². The molecular formula is C21H25FN2O4. The molecule has 2 aliphatic rings. The molecule has 2 heterocycles. The Morgan fingerprint density at radius 3 is 2.64 bits per heavy atom. The van der Waals surface area contributed by atoms with E-state index in [2.05, 4.69) is 4.90 Å². The molecular weight excluding hydrogens is 363 g/mol. The Hall–Kier alpha value is -2.35. The molecule has 150 valence electrons. The Morgan fingerprint density at radius 2 is 1.82 bits per heavy atom. The Labute approximate surface area is 164 Å². The number of halogens is 1. The van der Waals surface area contributed by atoms with Crippen LogP contribution in [-0.4, -0.2) is 62.2 Å². The minimum atomic E-state index is -0.561. The van der Waals surface area contributed by atoms with E-state index in [1.165, 1.54) is 6.07 Å². The van der Waals surface area contributed by atoms with Gasteiger partial charge in [0.1, 0.15) is 5.82 Å². The molecule has 2 aromatic rings. The van der Waals surface area contributed by atoms with Gasteiger partial charge >= 0.3 is 0 Å². The van der Waals surface area contributed by atoms with E-state index < -0.39 is 6.10 Å². The normalized spacial score (nSPS) is 17.7. The lowest BCUT2D eigenvalue weighted by atomic mass is 10.2. The standard InChI is InChI=1S/C21H25FN2O4/c22-18-3-1-2-4-19(18)24-9-7-23(8-10-24)12-17(25)14-26-13-16-5-6-20-21(11-16)28-15-27-20/h1-6,11,17,25H,7-10,12-15H2/t17-/m1/s1. The molecule has 0 amide bonds. The van der Waals surface area contributed by atoms with Crippen molar-refractivity contribution in [2.75, 3.05) is 51.0 Å². The SMILES string of the molecule is O[C@@H](COCc1ccc2c(c1)OCO2)CN1CCN(c2ccccc2F)CC1. The minimum Gasteiger partial charge on any atom is -0.454 e. The summed E-state index contributed by atoms with van der Waals surface area (Å²) in [6.45, 7) is 4.53. The van der Waals surface area contributed by atoms with Gasteiger partial charge in [-0.15, -0.1) is 0 Å². The highest BCUT2D eigenvalue weighted by Crippen LogP contribution is 2.32. The molecule has 0 saturated carbocycles. The number of nitrogens with zero attached hydrogens (tertiary/aromatic N) is 2. The predicted octanol–water partition coefficient (Wildman–Crippen LogP) is 2.25. The molecule has 0 aromatic heterocycles. The van der Waals surface area contributed by atoms with Crippen LogP contribution in [0.25, 0.3) is 0 Å². The molecule has 0 spiro atoms. The molecule has 1 fully saturated rings. The molecule has 0 unspecified atom stereocenters. The Balaban J connectivity index is 1.18. The van der Waals surface area contributed by atoms with E-state index in [0.29, 0.717) is 18.8 Å². The smallest absolute Gasteiger partial charge is 0.231 e. The summed E-state index contributed by atoms with van der Waals surface area (Å²) < 4.78 is 30.2. The van der Waals surface area contributed by atoms with E-state index in [1.54, 1.807) is 6.07 Å². The highest BCUT2D eigenvalue weighted by molar-refractivity contribution is 5.48. The molecule has 0 aliphatic carbocycles. The summed E-state index contributed by atoms with van der Waals surface area (Å²) >= 11 is 0. The van der Waals surface area contributed by atoms with Gasteiger partial charge in [-0.2, -0.15) is 0 Å². The first-order valence-corrected chi connectivity index (χ1v) is 9.55. The zero-order chi connectivity index (χ0) is 19.3. The molecule has 4 rings (SSSR count). The fourth-order valence-corrected chi connectivity index (χ4v) is 3.57. The van der Waals surface area contributed by atoms with Crippen LogP contribution in [0.3, 0.4) is 0 Å². The van der Waals surface area contributed by atoms with Crippen LogP contribution in [0.1, 0.15) is 5.56 Å². The summed E-state index contributed by atoms with van der Waals surface area (Å²) in [7, 11) is 0. The van der Waals surface area contributed by atoms with Crippen molar-refractivity contribution in [2.24, 2.45) is 0 Å². The number of hydrogen-bond donors (Lipinski definition) is 1. The van der Waals surface area contributed by atoms with Gasteiger partial charge in [0.15, 0.2) is 11.5 Å². The van der Waals surface area contributed by atoms with Crippen LogP contribution in [0.2, 0.25) is 0 Å². The molecule has 28 heavy (non-hydrogen) atoms. The molecule has 1 atom stereocenters. The van der Waals surface area contributed by atoms with Crippen molar-refractivity contribution in [3.8, 4) is 11.5 Å². The maximum atomic E-state index is 13.9. The van der Waals surface area contributed by atoms with Crippen molar-refractivity contribution in [1.82, 2.24) is 4.90 Å². The molecule has 0 radical (unpaired) electrons. The lowest BCUT2D eigenvalue weighted by Gasteiger charge is -2.36. The Bertz CT molecular complexity index is 796. The number of aliphatic hydroxyl groups is 1. The number of rotatable bonds is 7. The zero-order valence-corrected chi connectivity index (χ0v) is 15.7. The van der Waals surface area contributed by atoms with Crippen molar-refractivity contribution >= 4 is 5.69 Å². The van der Waals surface area contributed by atoms with E-state index in [-0.39, 0.29) is 19.2 Å². The van der Waals surface area contributed by atoms with Crippen LogP contribution in [0, 0.1) is 5.82 Å². The maximum absolute atomic E-state index is 13.9. The summed E-state index contributed by atoms with van der Waals surface area (Å²) in [6, 6.07) is 12.6. The topological polar surface area (TPSA) is 54.4 Å². The van der Waals surface area contributed by atoms with Crippen molar-refractivity contribution in [1.29, 1.82) is 0 Å². The van der Waals surface area contributed by atoms with Crippen LogP contribution in [0.5, 0.6) is 11.5 Å². The van der Waals surface area contributed by atoms with Crippen LogP contribution in [-0.2, 0) is 11.3 Å². The van der Waals surface area contributed by atoms with E-state index in [1.807, 2.05) is 35.2 Å². The van der Waals surface area contributed by atoms with Gasteiger partial charge in [0.05, 0.1) is 25.0 Å². The maximum Gasteiger partial charge on any atom is 0.231 e. The molecule has 2 aromatic carbocycles. The van der Waals surface area contributed by atoms with Gasteiger partial charge in [-0.05, 0) is 29.8 Å². The number of hydrogen-bond acceptors (Lipinski definition) is 6. The molecule has 1 N–H and O–H groups in total. The van der Waals surface area contributed by atoms with Gasteiger partial charge in [0, 0.05) is 32.7 Å². The van der Waals surface area contributed by atoms with Crippen LogP contribution >= 0.6 is 0 Å². The summed E-state index contributed by atoms with van der Waals surface area (Å²) in [6.07, 6.45) is -0.561. The molecule has 6 nitrogen and oxygen atoms in total. The summed E-state index contributed by atoms with van der Waals surface area (Å²) in [5.74, 6) is 1.29. The highest BCUT2D eigenvalue weighted by atomic mass is 19.1. The second-order valence-electron chi connectivity index (χ2n) is 7.10. The average molecular weight is 388 g/mol. The number of ether oxygens (including phenoxy) is 3. The van der Waals surface area contributed by atoms with Gasteiger partial charge < -0.3 is 24.2 Å². The van der Waals surface area contributed by atoms with E-state index >= 15 is 0 Å². The predicted molar refractivity (Wildman–Crippen MR) is 103 cm³/mol. The van der Waals surface area contributed by atoms with Crippen molar-refractivity contribution in [2.45, 2.75) is 12.7 Å². The zero-order valence-electron chi connectivity index (χ0n) is 15.7. The molecule has 0 bridgehead atoms. The van der Waals surface area contributed by atoms with Crippen molar-refractivity contribution in [3.63, 3.8) is 0 Å². The Kier molecular flexibility index (Phi) is 5.95. The van der Waals surface area contributed by atoms with Crippen LogP contribution in [0.15, 0.2) is 42.5 Å². The lowest BCUT2D eigenvalue weighted by molar-refractivity contribution is 0.00909. The van der Waals surface area contributed by atoms with Crippen molar-refractivity contribution in [3.05, 3.63) is 53.8 Å². The number of fused-ring (bicyclic) bond motifs is 1. The average Bonchev–Trinajstić information content (AvgIpc) is 3.17. The number of piperazine rings is 1. The largest absolute Gasteiger partial charge is 0.454 e. The fraction of sp³-hybridized carbons (Fsp3) is 0.429. The first kappa shape index (κ1) is 19.0. The summed E-state index contributed by atoms with van der Waals surface area (Å²) in [5.41, 5.74) is 1.63. The van der Waals surface area contributed by atoms with Gasteiger partial charge in [0.25, 0.3) is 0 Å². The third-order valence-electron chi connectivity index (χ3n) is 5.05. The third kappa shape index (κ3) is 4.55. The third-order valence-corrected chi connectivity index (χ3v) is 5.05. The molecule has 2 aliphatic heterocycles. The van der Waals surface area contributed by atoms with Crippen LogP contribution in [0.4, 0.5) is 10.1 Å². The van der Waals surface area contributed by atoms with Gasteiger partial charge in [-0.25, -0.2) is 4.39 Å². The van der Waals surface area contributed by atoms with E-state index in [9.17, 15) is 9.50 Å². The number of para-hydroxylation sites is 1. The second kappa shape index (κ2) is 8.77. The highest BCUT2D eigenvalue weighted by Gasteiger charge is 2.21. The number of anilines is 1. The van der Waals surface area contributed by atoms with E-state index in [0.717, 1.165) is 43.2 Å². The summed E-state index contributed by atoms with van der Waals surface area (Å²) in [4.78, 5) is 4.24. The number of aliphatic hydroxyl groups excluding tert-OH is 1. The van der Waals surface area contributed by atoms with Crippen LogP contribution < -0.4 is 14.4 Å². The quantitative estimate of drug-likeness (QED) is 0.785. The second-order valence-corrected chi connectivity index (χ2v) is 7.10. The van der Waals surface area contributed by atoms with E-state index in [4.69, 9.17) is 14.2 Å². The lowest BCUT2D eigenvalue weighted by Crippen LogP contribution is -2.49. The molecule has 7 heteroatoms. The van der Waals surface area contributed by atoms with Crippen molar-refractivity contribution < 1.29 is 23.7 Å². The molecule has 1 saturated heterocycles. The number of β-amino-alcohol motifs (C(OH)–C–C–N with tert-alkyl or cyclic N) is 1. The fourth-order valence-electron chi connectivity index (χ4n) is 3.57. The monoisotopic (exact) mass is 388 g/mol. The minimum absolute atomic E-state index is 0.187. The van der Waals surface area contributed by atoms with Gasteiger partial charge in [-0.1, -0.05) is 18.2 Å². The Morgan fingerprint density at radius 1 is 1.04 bits per heavy atom.